The molecule has 0 aliphatic heterocycles. The summed E-state index contributed by atoms with van der Waals surface area (Å²) in [6.07, 6.45) is 2.47. The lowest BCUT2D eigenvalue weighted by Crippen LogP contribution is -2.28. The molecule has 7 heteroatoms. The van der Waals surface area contributed by atoms with E-state index < -0.39 is 0 Å². The maximum absolute atomic E-state index is 12.6. The van der Waals surface area contributed by atoms with Crippen molar-refractivity contribution in [2.24, 2.45) is 0 Å². The molecule has 1 aromatic carbocycles. The second kappa shape index (κ2) is 9.71. The van der Waals surface area contributed by atoms with Crippen LogP contribution in [0.25, 0.3) is 5.65 Å². The standard InChI is InChI=1S/C24H30N6O/c1-16(2)29(5)15-20-9-7-6-8-19(20)13-26-23(31)11-10-22-17(3)28-24-21(12-25)14-27-30(24)18(22)4/h6-9,14,16H,10-11,13,15H2,1-5H3,(H,26,31). The zero-order valence-electron chi connectivity index (χ0n) is 18.9. The molecule has 1 amide bonds. The van der Waals surface area contributed by atoms with Gasteiger partial charge in [0.2, 0.25) is 5.91 Å². The number of carbonyl (C=O) groups is 1. The summed E-state index contributed by atoms with van der Waals surface area (Å²) in [7, 11) is 2.11. The van der Waals surface area contributed by atoms with Gasteiger partial charge in [-0.05, 0) is 57.9 Å². The molecule has 7 nitrogen and oxygen atoms in total. The Hall–Kier alpha value is -3.24. The lowest BCUT2D eigenvalue weighted by Gasteiger charge is -2.22. The maximum Gasteiger partial charge on any atom is 0.220 e. The minimum atomic E-state index is 0.00379. The number of fused-ring (bicyclic) bond motifs is 1. The van der Waals surface area contributed by atoms with E-state index in [1.54, 1.807) is 4.52 Å². The van der Waals surface area contributed by atoms with E-state index in [1.807, 2.05) is 26.0 Å². The highest BCUT2D eigenvalue weighted by molar-refractivity contribution is 5.76. The summed E-state index contributed by atoms with van der Waals surface area (Å²) in [4.78, 5) is 19.4. The number of carbonyl (C=O) groups excluding carboxylic acids is 1. The van der Waals surface area contributed by atoms with Crippen molar-refractivity contribution in [1.82, 2.24) is 24.8 Å². The SMILES string of the molecule is Cc1nc2c(C#N)cnn2c(C)c1CCC(=O)NCc1ccccc1CN(C)C(C)C. The van der Waals surface area contributed by atoms with Gasteiger partial charge in [-0.2, -0.15) is 10.4 Å². The van der Waals surface area contributed by atoms with Gasteiger partial charge in [0.05, 0.1) is 6.20 Å². The van der Waals surface area contributed by atoms with Gasteiger partial charge in [0.25, 0.3) is 0 Å². The summed E-state index contributed by atoms with van der Waals surface area (Å²) in [6.45, 7) is 9.57. The minimum absolute atomic E-state index is 0.00379. The predicted molar refractivity (Wildman–Crippen MR) is 120 cm³/mol. The summed E-state index contributed by atoms with van der Waals surface area (Å²) in [6, 6.07) is 10.8. The van der Waals surface area contributed by atoms with Gasteiger partial charge in [-0.15, -0.1) is 0 Å². The third-order valence-corrected chi connectivity index (χ3v) is 5.83. The first kappa shape index (κ1) is 22.4. The van der Waals surface area contributed by atoms with Crippen molar-refractivity contribution in [3.63, 3.8) is 0 Å². The van der Waals surface area contributed by atoms with Gasteiger partial charge >= 0.3 is 0 Å². The minimum Gasteiger partial charge on any atom is -0.352 e. The van der Waals surface area contributed by atoms with Crippen LogP contribution in [0.3, 0.4) is 0 Å². The maximum atomic E-state index is 12.6. The Kier molecular flexibility index (Phi) is 7.03. The van der Waals surface area contributed by atoms with Crippen molar-refractivity contribution < 1.29 is 4.79 Å². The first-order valence-electron chi connectivity index (χ1n) is 10.6. The molecule has 3 aromatic rings. The highest BCUT2D eigenvalue weighted by Gasteiger charge is 2.15. The topological polar surface area (TPSA) is 86.3 Å². The fourth-order valence-electron chi connectivity index (χ4n) is 3.61. The van der Waals surface area contributed by atoms with Gasteiger partial charge in [0, 0.05) is 36.9 Å². The van der Waals surface area contributed by atoms with Crippen LogP contribution < -0.4 is 5.32 Å². The van der Waals surface area contributed by atoms with E-state index >= 15 is 0 Å². The van der Waals surface area contributed by atoms with Gasteiger partial charge in [0.15, 0.2) is 5.65 Å². The van der Waals surface area contributed by atoms with E-state index in [1.165, 1.54) is 11.8 Å². The van der Waals surface area contributed by atoms with Gasteiger partial charge in [-0.3, -0.25) is 9.69 Å². The molecule has 31 heavy (non-hydrogen) atoms. The van der Waals surface area contributed by atoms with Crippen LogP contribution in [0.4, 0.5) is 0 Å². The van der Waals surface area contributed by atoms with Crippen LogP contribution in [0, 0.1) is 25.2 Å². The molecule has 2 aromatic heterocycles. The van der Waals surface area contributed by atoms with Crippen LogP contribution in [0.5, 0.6) is 0 Å². The van der Waals surface area contributed by atoms with E-state index in [4.69, 9.17) is 0 Å². The van der Waals surface area contributed by atoms with Gasteiger partial charge in [-0.1, -0.05) is 24.3 Å². The molecular formula is C24H30N6O. The number of rotatable bonds is 8. The highest BCUT2D eigenvalue weighted by atomic mass is 16.1. The average molecular weight is 419 g/mol. The Bertz CT molecular complexity index is 1130. The molecule has 3 rings (SSSR count). The number of amides is 1. The first-order chi connectivity index (χ1) is 14.8. The predicted octanol–water partition coefficient (Wildman–Crippen LogP) is 3.31. The number of benzene rings is 1. The third-order valence-electron chi connectivity index (χ3n) is 5.83. The van der Waals surface area contributed by atoms with E-state index in [9.17, 15) is 10.1 Å². The van der Waals surface area contributed by atoms with Crippen molar-refractivity contribution in [3.05, 3.63) is 64.1 Å². The smallest absolute Gasteiger partial charge is 0.220 e. The fourth-order valence-corrected chi connectivity index (χ4v) is 3.61. The monoisotopic (exact) mass is 418 g/mol. The summed E-state index contributed by atoms with van der Waals surface area (Å²) in [5, 5.41) is 16.5. The van der Waals surface area contributed by atoms with Crippen molar-refractivity contribution in [1.29, 1.82) is 5.26 Å². The van der Waals surface area contributed by atoms with E-state index in [0.29, 0.717) is 36.6 Å². The van der Waals surface area contributed by atoms with E-state index in [-0.39, 0.29) is 5.91 Å². The number of nitrogens with one attached hydrogen (secondary N) is 1. The second-order valence-corrected chi connectivity index (χ2v) is 8.22. The summed E-state index contributed by atoms with van der Waals surface area (Å²) in [5.74, 6) is 0.00379. The Morgan fingerprint density at radius 3 is 2.65 bits per heavy atom. The lowest BCUT2D eigenvalue weighted by atomic mass is 10.1. The van der Waals surface area contributed by atoms with Crippen LogP contribution in [0.15, 0.2) is 30.5 Å². The molecule has 162 valence electrons. The van der Waals surface area contributed by atoms with Gasteiger partial charge in [0.1, 0.15) is 11.6 Å². The summed E-state index contributed by atoms with van der Waals surface area (Å²) >= 11 is 0. The zero-order valence-corrected chi connectivity index (χ0v) is 18.9. The Balaban J connectivity index is 1.64. The fraction of sp³-hybridized carbons (Fsp3) is 0.417. The molecule has 0 saturated heterocycles. The van der Waals surface area contributed by atoms with Crippen LogP contribution >= 0.6 is 0 Å². The Morgan fingerprint density at radius 1 is 1.26 bits per heavy atom. The zero-order chi connectivity index (χ0) is 22.5. The molecule has 0 aliphatic rings. The average Bonchev–Trinajstić information content (AvgIpc) is 3.15. The Labute approximate surface area is 183 Å². The van der Waals surface area contributed by atoms with Crippen molar-refractivity contribution in [2.75, 3.05) is 7.05 Å². The molecule has 0 atom stereocenters. The van der Waals surface area contributed by atoms with E-state index in [2.05, 4.69) is 59.4 Å². The first-order valence-corrected chi connectivity index (χ1v) is 10.6. The third kappa shape index (κ3) is 5.09. The quantitative estimate of drug-likeness (QED) is 0.607. The molecule has 0 aliphatic carbocycles. The number of hydrogen-bond donors (Lipinski definition) is 1. The van der Waals surface area contributed by atoms with Gasteiger partial charge in [-0.25, -0.2) is 9.50 Å². The number of hydrogen-bond acceptors (Lipinski definition) is 5. The molecule has 1 N–H and O–H groups in total. The highest BCUT2D eigenvalue weighted by Crippen LogP contribution is 2.18. The van der Waals surface area contributed by atoms with Crippen LogP contribution in [-0.4, -0.2) is 38.5 Å². The molecular weight excluding hydrogens is 388 g/mol. The van der Waals surface area contributed by atoms with Crippen molar-refractivity contribution in [2.45, 2.75) is 59.7 Å². The largest absolute Gasteiger partial charge is 0.352 e. The van der Waals surface area contributed by atoms with Crippen molar-refractivity contribution >= 4 is 11.6 Å². The molecule has 0 saturated carbocycles. The van der Waals surface area contributed by atoms with Gasteiger partial charge < -0.3 is 5.32 Å². The molecule has 0 fully saturated rings. The molecule has 0 spiro atoms. The Morgan fingerprint density at radius 2 is 1.97 bits per heavy atom. The molecule has 0 bridgehead atoms. The van der Waals surface area contributed by atoms with Crippen LogP contribution in [-0.2, 0) is 24.3 Å². The summed E-state index contributed by atoms with van der Waals surface area (Å²) < 4.78 is 1.68. The van der Waals surface area contributed by atoms with Crippen molar-refractivity contribution in [3.8, 4) is 6.07 Å². The van der Waals surface area contributed by atoms with E-state index in [0.717, 1.165) is 29.1 Å². The molecule has 2 heterocycles. The molecule has 0 radical (unpaired) electrons. The number of nitrogens with zero attached hydrogens (tertiary/aromatic N) is 5. The number of nitriles is 1. The number of aryl methyl sites for hydroxylation is 2. The number of aromatic nitrogens is 3. The van der Waals surface area contributed by atoms with Crippen LogP contribution in [0.1, 0.15) is 53.9 Å². The normalized spacial score (nSPS) is 11.3. The lowest BCUT2D eigenvalue weighted by molar-refractivity contribution is -0.121. The second-order valence-electron chi connectivity index (χ2n) is 8.22. The van der Waals surface area contributed by atoms with Crippen LogP contribution in [0.2, 0.25) is 0 Å². The summed E-state index contributed by atoms with van der Waals surface area (Å²) in [5.41, 5.74) is 6.13. The molecule has 0 unspecified atom stereocenters.